The third-order valence-corrected chi connectivity index (χ3v) is 3.76. The summed E-state index contributed by atoms with van der Waals surface area (Å²) >= 11 is 0. The molecule has 1 aromatic carbocycles. The molecule has 0 spiro atoms. The zero-order valence-corrected chi connectivity index (χ0v) is 11.5. The van der Waals surface area contributed by atoms with Gasteiger partial charge in [0.25, 0.3) is 0 Å². The molecule has 1 N–H and O–H groups in total. The molecule has 1 fully saturated rings. The molecule has 0 radical (unpaired) electrons. The summed E-state index contributed by atoms with van der Waals surface area (Å²) in [4.78, 5) is 2.52. The fourth-order valence-corrected chi connectivity index (χ4v) is 2.63. The van der Waals surface area contributed by atoms with E-state index in [2.05, 4.69) is 29.3 Å². The molecule has 0 unspecified atom stereocenters. The van der Waals surface area contributed by atoms with Gasteiger partial charge in [0.1, 0.15) is 5.75 Å². The van der Waals surface area contributed by atoms with Crippen LogP contribution in [0.3, 0.4) is 0 Å². The lowest BCUT2D eigenvalue weighted by atomic mass is 10.1. The first-order valence-corrected chi connectivity index (χ1v) is 6.88. The normalized spacial score (nSPS) is 20.2. The van der Waals surface area contributed by atoms with Crippen molar-refractivity contribution in [2.24, 2.45) is 5.92 Å². The number of hydrogen-bond acceptors (Lipinski definition) is 3. The molecule has 100 valence electrons. The van der Waals surface area contributed by atoms with E-state index in [0.717, 1.165) is 24.8 Å². The number of nitrogens with zero attached hydrogens (tertiary/aromatic N) is 1. The van der Waals surface area contributed by atoms with Crippen LogP contribution in [0.4, 0.5) is 0 Å². The van der Waals surface area contributed by atoms with E-state index < -0.39 is 0 Å². The highest BCUT2D eigenvalue weighted by Gasteiger charge is 2.20. The smallest absolute Gasteiger partial charge is 0.123 e. The minimum absolute atomic E-state index is 0.805. The van der Waals surface area contributed by atoms with Crippen LogP contribution in [0.5, 0.6) is 5.75 Å². The Morgan fingerprint density at radius 2 is 2.22 bits per heavy atom. The molecule has 1 aliphatic heterocycles. The van der Waals surface area contributed by atoms with E-state index in [1.54, 1.807) is 7.11 Å². The van der Waals surface area contributed by atoms with Crippen LogP contribution in [0.1, 0.15) is 18.9 Å². The van der Waals surface area contributed by atoms with Crippen LogP contribution in [0, 0.1) is 5.92 Å². The van der Waals surface area contributed by atoms with Gasteiger partial charge in [-0.05, 0) is 38.0 Å². The maximum Gasteiger partial charge on any atom is 0.123 e. The maximum atomic E-state index is 5.35. The minimum Gasteiger partial charge on any atom is -0.496 e. The lowest BCUT2D eigenvalue weighted by Crippen LogP contribution is -2.26. The molecule has 1 atom stereocenters. The van der Waals surface area contributed by atoms with Gasteiger partial charge in [-0.15, -0.1) is 0 Å². The number of para-hydroxylation sites is 1. The molecule has 0 bridgehead atoms. The second-order valence-electron chi connectivity index (χ2n) is 4.99. The predicted molar refractivity (Wildman–Crippen MR) is 74.9 cm³/mol. The Bertz CT molecular complexity index is 367. The summed E-state index contributed by atoms with van der Waals surface area (Å²) in [5.74, 6) is 1.78. The van der Waals surface area contributed by atoms with Crippen LogP contribution < -0.4 is 10.1 Å². The van der Waals surface area contributed by atoms with Gasteiger partial charge in [-0.1, -0.05) is 25.1 Å². The lowest BCUT2D eigenvalue weighted by Gasteiger charge is -2.14. The largest absolute Gasteiger partial charge is 0.496 e. The number of ether oxygens (including phenoxy) is 1. The van der Waals surface area contributed by atoms with E-state index >= 15 is 0 Å². The Labute approximate surface area is 110 Å². The molecule has 1 saturated heterocycles. The molecule has 0 aromatic heterocycles. The Morgan fingerprint density at radius 3 is 2.94 bits per heavy atom. The minimum atomic E-state index is 0.805. The van der Waals surface area contributed by atoms with Crippen molar-refractivity contribution in [3.8, 4) is 5.75 Å². The summed E-state index contributed by atoms with van der Waals surface area (Å²) < 4.78 is 5.35. The molecule has 1 aromatic rings. The number of hydrogen-bond donors (Lipinski definition) is 1. The molecule has 3 heteroatoms. The van der Waals surface area contributed by atoms with Gasteiger partial charge in [0, 0.05) is 18.7 Å². The molecular weight excluding hydrogens is 224 g/mol. The van der Waals surface area contributed by atoms with Gasteiger partial charge in [-0.3, -0.25) is 0 Å². The number of benzene rings is 1. The van der Waals surface area contributed by atoms with E-state index in [-0.39, 0.29) is 0 Å². The van der Waals surface area contributed by atoms with Crippen molar-refractivity contribution < 1.29 is 4.74 Å². The highest BCUT2D eigenvalue weighted by Crippen LogP contribution is 2.18. The summed E-state index contributed by atoms with van der Waals surface area (Å²) in [5, 5.41) is 3.56. The Hall–Kier alpha value is -1.06. The molecule has 1 heterocycles. The molecule has 0 aliphatic carbocycles. The number of likely N-dealkylation sites (tertiary alicyclic amines) is 1. The topological polar surface area (TPSA) is 24.5 Å². The van der Waals surface area contributed by atoms with Gasteiger partial charge in [-0.25, -0.2) is 0 Å². The SMILES string of the molecule is CCN1CC[C@H](CNCc2ccccc2OC)C1. The maximum absolute atomic E-state index is 5.35. The zero-order valence-electron chi connectivity index (χ0n) is 11.5. The number of rotatable bonds is 6. The van der Waals surface area contributed by atoms with Crippen molar-refractivity contribution >= 4 is 0 Å². The molecule has 1 aliphatic rings. The zero-order chi connectivity index (χ0) is 12.8. The summed E-state index contributed by atoms with van der Waals surface area (Å²) in [6.45, 7) is 7.93. The van der Waals surface area contributed by atoms with Gasteiger partial charge in [0.05, 0.1) is 7.11 Å². The first kappa shape index (κ1) is 13.4. The van der Waals surface area contributed by atoms with Gasteiger partial charge in [-0.2, -0.15) is 0 Å². The molecule has 2 rings (SSSR count). The quantitative estimate of drug-likeness (QED) is 0.834. The Morgan fingerprint density at radius 1 is 1.39 bits per heavy atom. The fraction of sp³-hybridized carbons (Fsp3) is 0.600. The van der Waals surface area contributed by atoms with Crippen molar-refractivity contribution in [1.82, 2.24) is 10.2 Å². The van der Waals surface area contributed by atoms with E-state index in [1.165, 1.54) is 31.6 Å². The Kier molecular flexibility index (Phi) is 5.02. The predicted octanol–water partition coefficient (Wildman–Crippen LogP) is 2.13. The van der Waals surface area contributed by atoms with Crippen molar-refractivity contribution in [1.29, 1.82) is 0 Å². The lowest BCUT2D eigenvalue weighted by molar-refractivity contribution is 0.338. The fourth-order valence-electron chi connectivity index (χ4n) is 2.63. The summed E-state index contributed by atoms with van der Waals surface area (Å²) in [7, 11) is 1.73. The first-order valence-electron chi connectivity index (χ1n) is 6.88. The standard InChI is InChI=1S/C15H24N2O/c1-3-17-9-8-13(12-17)10-16-11-14-6-4-5-7-15(14)18-2/h4-7,13,16H,3,8-12H2,1-2H3/t13-/m1/s1. The average molecular weight is 248 g/mol. The van der Waals surface area contributed by atoms with Crippen molar-refractivity contribution in [2.45, 2.75) is 19.9 Å². The third kappa shape index (κ3) is 3.47. The van der Waals surface area contributed by atoms with Crippen LogP contribution in [0.25, 0.3) is 0 Å². The van der Waals surface area contributed by atoms with Gasteiger partial charge < -0.3 is 15.0 Å². The second-order valence-corrected chi connectivity index (χ2v) is 4.99. The van der Waals surface area contributed by atoms with Crippen molar-refractivity contribution in [2.75, 3.05) is 33.3 Å². The summed E-state index contributed by atoms with van der Waals surface area (Å²) in [6.07, 6.45) is 1.33. The summed E-state index contributed by atoms with van der Waals surface area (Å²) in [6, 6.07) is 8.22. The van der Waals surface area contributed by atoms with E-state index in [9.17, 15) is 0 Å². The van der Waals surface area contributed by atoms with E-state index in [4.69, 9.17) is 4.74 Å². The van der Waals surface area contributed by atoms with Crippen LogP contribution >= 0.6 is 0 Å². The highest BCUT2D eigenvalue weighted by molar-refractivity contribution is 5.32. The van der Waals surface area contributed by atoms with E-state index in [0.29, 0.717) is 0 Å². The summed E-state index contributed by atoms with van der Waals surface area (Å²) in [5.41, 5.74) is 1.24. The third-order valence-electron chi connectivity index (χ3n) is 3.76. The second kappa shape index (κ2) is 6.76. The van der Waals surface area contributed by atoms with Crippen LogP contribution in [0.15, 0.2) is 24.3 Å². The molecular formula is C15H24N2O. The van der Waals surface area contributed by atoms with Crippen LogP contribution in [0.2, 0.25) is 0 Å². The first-order chi connectivity index (χ1) is 8.83. The number of methoxy groups -OCH3 is 1. The van der Waals surface area contributed by atoms with E-state index in [1.807, 2.05) is 12.1 Å². The monoisotopic (exact) mass is 248 g/mol. The molecule has 0 saturated carbocycles. The average Bonchev–Trinajstić information content (AvgIpc) is 2.87. The number of nitrogens with one attached hydrogen (secondary N) is 1. The molecule has 0 amide bonds. The van der Waals surface area contributed by atoms with Crippen molar-refractivity contribution in [3.63, 3.8) is 0 Å². The van der Waals surface area contributed by atoms with Crippen LogP contribution in [-0.4, -0.2) is 38.2 Å². The molecule has 3 nitrogen and oxygen atoms in total. The molecule has 18 heavy (non-hydrogen) atoms. The van der Waals surface area contributed by atoms with Crippen molar-refractivity contribution in [3.05, 3.63) is 29.8 Å². The highest BCUT2D eigenvalue weighted by atomic mass is 16.5. The van der Waals surface area contributed by atoms with Gasteiger partial charge in [0.15, 0.2) is 0 Å². The Balaban J connectivity index is 1.75. The van der Waals surface area contributed by atoms with Gasteiger partial charge in [0.2, 0.25) is 0 Å². The van der Waals surface area contributed by atoms with Gasteiger partial charge >= 0.3 is 0 Å². The van der Waals surface area contributed by atoms with Crippen LogP contribution in [-0.2, 0) is 6.54 Å².